The third-order valence-electron chi connectivity index (χ3n) is 4.14. The molecule has 0 unspecified atom stereocenters. The Hall–Kier alpha value is -2.29. The summed E-state index contributed by atoms with van der Waals surface area (Å²) in [7, 11) is 1.38. The summed E-state index contributed by atoms with van der Waals surface area (Å²) >= 11 is 3.49. The van der Waals surface area contributed by atoms with Crippen molar-refractivity contribution < 1.29 is 19.0 Å². The first-order valence-electron chi connectivity index (χ1n) is 9.19. The van der Waals surface area contributed by atoms with Gasteiger partial charge in [0.15, 0.2) is 0 Å². The Kier molecular flexibility index (Phi) is 9.61. The number of hydrogen-bond donors (Lipinski definition) is 0. The molecule has 0 radical (unpaired) electrons. The molecule has 0 aliphatic carbocycles. The van der Waals surface area contributed by atoms with Gasteiger partial charge in [-0.15, -0.1) is 12.3 Å². The lowest BCUT2D eigenvalue weighted by Gasteiger charge is -2.19. The predicted octanol–water partition coefficient (Wildman–Crippen LogP) is 4.93. The van der Waals surface area contributed by atoms with E-state index in [9.17, 15) is 4.79 Å². The molecule has 2 aromatic carbocycles. The van der Waals surface area contributed by atoms with Crippen LogP contribution < -0.4 is 4.74 Å². The predicted molar refractivity (Wildman–Crippen MR) is 113 cm³/mol. The van der Waals surface area contributed by atoms with Gasteiger partial charge in [0, 0.05) is 13.0 Å². The van der Waals surface area contributed by atoms with E-state index in [0.717, 1.165) is 28.4 Å². The average molecular weight is 445 g/mol. The van der Waals surface area contributed by atoms with Crippen LogP contribution >= 0.6 is 15.9 Å². The Labute approximate surface area is 175 Å². The van der Waals surface area contributed by atoms with Crippen molar-refractivity contribution in [1.82, 2.24) is 0 Å². The fourth-order valence-corrected chi connectivity index (χ4v) is 3.02. The highest BCUT2D eigenvalue weighted by Crippen LogP contribution is 2.28. The third kappa shape index (κ3) is 7.75. The molecule has 0 bridgehead atoms. The van der Waals surface area contributed by atoms with Crippen molar-refractivity contribution in [2.24, 2.45) is 0 Å². The summed E-state index contributed by atoms with van der Waals surface area (Å²) in [6, 6.07) is 15.7. The SMILES string of the molecule is C#CC[C@H](CCCOCc1ccccc1)Oc1cc(CC(=O)OC)ccc1Br. The van der Waals surface area contributed by atoms with Gasteiger partial charge < -0.3 is 14.2 Å². The molecule has 28 heavy (non-hydrogen) atoms. The molecule has 0 aliphatic heterocycles. The monoisotopic (exact) mass is 444 g/mol. The standard InChI is InChI=1S/C23H25BrO4/c1-3-8-20(11-7-14-27-17-18-9-5-4-6-10-18)28-22-15-19(12-13-21(22)24)16-23(25)26-2/h1,4-6,9-10,12-13,15,20H,7-8,11,14,16-17H2,2H3/t20-/m1/s1. The molecule has 0 aliphatic rings. The Morgan fingerprint density at radius 1 is 1.18 bits per heavy atom. The largest absolute Gasteiger partial charge is 0.488 e. The summed E-state index contributed by atoms with van der Waals surface area (Å²) in [5.74, 6) is 3.06. The van der Waals surface area contributed by atoms with E-state index >= 15 is 0 Å². The number of hydrogen-bond acceptors (Lipinski definition) is 4. The summed E-state index contributed by atoms with van der Waals surface area (Å²) in [6.07, 6.45) is 7.73. The zero-order chi connectivity index (χ0) is 20.2. The van der Waals surface area contributed by atoms with Crippen LogP contribution in [-0.4, -0.2) is 25.8 Å². The van der Waals surface area contributed by atoms with E-state index in [2.05, 4.69) is 21.9 Å². The van der Waals surface area contributed by atoms with Crippen LogP contribution in [0, 0.1) is 12.3 Å². The second kappa shape index (κ2) is 12.2. The molecule has 0 N–H and O–H groups in total. The summed E-state index contributed by atoms with van der Waals surface area (Å²) in [4.78, 5) is 11.5. The first-order chi connectivity index (χ1) is 13.6. The van der Waals surface area contributed by atoms with Gasteiger partial charge in [0.25, 0.3) is 0 Å². The van der Waals surface area contributed by atoms with E-state index < -0.39 is 0 Å². The minimum atomic E-state index is -0.288. The maximum absolute atomic E-state index is 11.5. The van der Waals surface area contributed by atoms with Crippen LogP contribution in [0.25, 0.3) is 0 Å². The molecule has 4 nitrogen and oxygen atoms in total. The van der Waals surface area contributed by atoms with Crippen molar-refractivity contribution in [3.8, 4) is 18.1 Å². The first-order valence-corrected chi connectivity index (χ1v) is 9.98. The fraction of sp³-hybridized carbons (Fsp3) is 0.348. The lowest BCUT2D eigenvalue weighted by atomic mass is 10.1. The van der Waals surface area contributed by atoms with E-state index in [1.807, 2.05) is 48.5 Å². The molecule has 0 amide bonds. The second-order valence-corrected chi connectivity index (χ2v) is 7.20. The zero-order valence-corrected chi connectivity index (χ0v) is 17.6. The van der Waals surface area contributed by atoms with Gasteiger partial charge in [-0.1, -0.05) is 36.4 Å². The maximum atomic E-state index is 11.5. The number of halogens is 1. The lowest BCUT2D eigenvalue weighted by molar-refractivity contribution is -0.139. The summed E-state index contributed by atoms with van der Waals surface area (Å²) in [5, 5.41) is 0. The minimum absolute atomic E-state index is 0.116. The number of terminal acetylenes is 1. The van der Waals surface area contributed by atoms with E-state index in [-0.39, 0.29) is 18.5 Å². The molecular weight excluding hydrogens is 420 g/mol. The normalized spacial score (nSPS) is 11.5. The minimum Gasteiger partial charge on any atom is -0.488 e. The van der Waals surface area contributed by atoms with Gasteiger partial charge in [-0.3, -0.25) is 4.79 Å². The van der Waals surface area contributed by atoms with Gasteiger partial charge in [-0.25, -0.2) is 0 Å². The molecule has 0 fully saturated rings. The highest BCUT2D eigenvalue weighted by Gasteiger charge is 2.13. The molecule has 1 atom stereocenters. The van der Waals surface area contributed by atoms with Gasteiger partial charge in [0.1, 0.15) is 11.9 Å². The Bertz CT molecular complexity index is 783. The number of methoxy groups -OCH3 is 1. The molecule has 5 heteroatoms. The number of ether oxygens (including phenoxy) is 3. The van der Waals surface area contributed by atoms with Crippen molar-refractivity contribution in [1.29, 1.82) is 0 Å². The Balaban J connectivity index is 1.85. The second-order valence-electron chi connectivity index (χ2n) is 6.35. The summed E-state index contributed by atoms with van der Waals surface area (Å²) < 4.78 is 17.4. The molecule has 0 saturated carbocycles. The molecule has 2 rings (SSSR count). The van der Waals surface area contributed by atoms with Crippen LogP contribution in [0.4, 0.5) is 0 Å². The van der Waals surface area contributed by atoms with E-state index in [1.165, 1.54) is 7.11 Å². The molecule has 0 aromatic heterocycles. The number of carbonyl (C=O) groups excluding carboxylic acids is 1. The smallest absolute Gasteiger partial charge is 0.309 e. The maximum Gasteiger partial charge on any atom is 0.309 e. The third-order valence-corrected chi connectivity index (χ3v) is 4.79. The van der Waals surface area contributed by atoms with Crippen molar-refractivity contribution >= 4 is 21.9 Å². The highest BCUT2D eigenvalue weighted by atomic mass is 79.9. The molecule has 0 heterocycles. The van der Waals surface area contributed by atoms with Crippen molar-refractivity contribution in [2.75, 3.05) is 13.7 Å². The zero-order valence-electron chi connectivity index (χ0n) is 16.0. The van der Waals surface area contributed by atoms with E-state index in [4.69, 9.17) is 20.6 Å². The van der Waals surface area contributed by atoms with Crippen LogP contribution in [0.15, 0.2) is 53.0 Å². The Morgan fingerprint density at radius 2 is 1.96 bits per heavy atom. The van der Waals surface area contributed by atoms with Gasteiger partial charge in [-0.05, 0) is 52.0 Å². The van der Waals surface area contributed by atoms with Crippen LogP contribution in [0.5, 0.6) is 5.75 Å². The number of carbonyl (C=O) groups is 1. The van der Waals surface area contributed by atoms with Gasteiger partial charge >= 0.3 is 5.97 Å². The van der Waals surface area contributed by atoms with Crippen molar-refractivity contribution in [2.45, 2.75) is 38.4 Å². The van der Waals surface area contributed by atoms with Crippen LogP contribution in [0.3, 0.4) is 0 Å². The molecule has 2 aromatic rings. The summed E-state index contributed by atoms with van der Waals surface area (Å²) in [5.41, 5.74) is 1.99. The summed E-state index contributed by atoms with van der Waals surface area (Å²) in [6.45, 7) is 1.24. The molecular formula is C23H25BrO4. The molecule has 0 saturated heterocycles. The van der Waals surface area contributed by atoms with Crippen molar-refractivity contribution in [3.63, 3.8) is 0 Å². The molecule has 148 valence electrons. The van der Waals surface area contributed by atoms with E-state index in [1.54, 1.807) is 0 Å². The lowest BCUT2D eigenvalue weighted by Crippen LogP contribution is -2.17. The first kappa shape index (κ1) is 22.0. The highest BCUT2D eigenvalue weighted by molar-refractivity contribution is 9.10. The Morgan fingerprint density at radius 3 is 2.68 bits per heavy atom. The number of esters is 1. The molecule has 0 spiro atoms. The van der Waals surface area contributed by atoms with E-state index in [0.29, 0.717) is 25.4 Å². The fourth-order valence-electron chi connectivity index (χ4n) is 2.68. The van der Waals surface area contributed by atoms with Gasteiger partial charge in [0.2, 0.25) is 0 Å². The van der Waals surface area contributed by atoms with Crippen LogP contribution in [-0.2, 0) is 27.3 Å². The van der Waals surface area contributed by atoms with Gasteiger partial charge in [0.05, 0.1) is 24.6 Å². The average Bonchev–Trinajstić information content (AvgIpc) is 2.71. The van der Waals surface area contributed by atoms with Crippen molar-refractivity contribution in [3.05, 3.63) is 64.1 Å². The van der Waals surface area contributed by atoms with Crippen LogP contribution in [0.2, 0.25) is 0 Å². The van der Waals surface area contributed by atoms with Gasteiger partial charge in [-0.2, -0.15) is 0 Å². The topological polar surface area (TPSA) is 44.8 Å². The number of benzene rings is 2. The quantitative estimate of drug-likeness (QED) is 0.280. The number of rotatable bonds is 11. The van der Waals surface area contributed by atoms with Crippen LogP contribution in [0.1, 0.15) is 30.4 Å².